The maximum atomic E-state index is 12.1. The van der Waals surface area contributed by atoms with E-state index in [0.717, 1.165) is 6.54 Å². The molecule has 2 saturated heterocycles. The summed E-state index contributed by atoms with van der Waals surface area (Å²) in [6, 6.07) is 0. The van der Waals surface area contributed by atoms with E-state index in [0.29, 0.717) is 39.3 Å². The molecule has 1 N–H and O–H groups in total. The fourth-order valence-corrected chi connectivity index (χ4v) is 2.17. The third kappa shape index (κ3) is 3.57. The average molecular weight is 278 g/mol. The molecule has 2 fully saturated rings. The van der Waals surface area contributed by atoms with Gasteiger partial charge >= 0.3 is 0 Å². The first-order chi connectivity index (χ1) is 8.18. The molecule has 0 aliphatic carbocycles. The number of amides is 2. The van der Waals surface area contributed by atoms with Gasteiger partial charge in [-0.15, -0.1) is 12.4 Å². The topological polar surface area (TPSA) is 61.9 Å². The second kappa shape index (κ2) is 6.92. The molecule has 0 bridgehead atoms. The third-order valence-corrected chi connectivity index (χ3v) is 3.24. The molecule has 6 nitrogen and oxygen atoms in total. The lowest BCUT2D eigenvalue weighted by Crippen LogP contribution is -2.55. The van der Waals surface area contributed by atoms with Crippen LogP contribution in [0.1, 0.15) is 6.92 Å². The molecule has 0 aromatic heterocycles. The Balaban J connectivity index is 0.00000162. The summed E-state index contributed by atoms with van der Waals surface area (Å²) in [7, 11) is 0. The van der Waals surface area contributed by atoms with E-state index in [1.54, 1.807) is 16.7 Å². The summed E-state index contributed by atoms with van der Waals surface area (Å²) < 4.78 is 5.43. The number of halogens is 1. The lowest BCUT2D eigenvalue weighted by atomic mass is 10.2. The van der Waals surface area contributed by atoms with E-state index in [1.165, 1.54) is 0 Å². The monoisotopic (exact) mass is 277 g/mol. The summed E-state index contributed by atoms with van der Waals surface area (Å²) in [4.78, 5) is 26.8. The van der Waals surface area contributed by atoms with Gasteiger partial charge in [0.15, 0.2) is 0 Å². The molecule has 0 radical (unpaired) electrons. The molecule has 18 heavy (non-hydrogen) atoms. The van der Waals surface area contributed by atoms with Crippen LogP contribution in [-0.4, -0.2) is 73.6 Å². The summed E-state index contributed by atoms with van der Waals surface area (Å²) in [5, 5.41) is 3.14. The fourth-order valence-electron chi connectivity index (χ4n) is 2.17. The van der Waals surface area contributed by atoms with Crippen LogP contribution in [0.25, 0.3) is 0 Å². The van der Waals surface area contributed by atoms with E-state index in [2.05, 4.69) is 5.32 Å². The molecule has 0 aromatic rings. The second-order valence-electron chi connectivity index (χ2n) is 4.39. The number of nitrogens with zero attached hydrogens (tertiary/aromatic N) is 2. The van der Waals surface area contributed by atoms with Crippen LogP contribution >= 0.6 is 12.4 Å². The summed E-state index contributed by atoms with van der Waals surface area (Å²) in [5.74, 6) is 0.119. The van der Waals surface area contributed by atoms with Crippen LogP contribution in [0.5, 0.6) is 0 Å². The van der Waals surface area contributed by atoms with E-state index in [1.807, 2.05) is 0 Å². The first-order valence-corrected chi connectivity index (χ1v) is 6.05. The zero-order chi connectivity index (χ0) is 12.3. The SMILES string of the molecule is CC(=O)N1CCN(C(=O)C2CNCCO2)CC1.Cl. The van der Waals surface area contributed by atoms with Gasteiger partial charge in [-0.2, -0.15) is 0 Å². The largest absolute Gasteiger partial charge is 0.366 e. The van der Waals surface area contributed by atoms with Gasteiger partial charge in [0.25, 0.3) is 5.91 Å². The Morgan fingerprint density at radius 2 is 1.78 bits per heavy atom. The van der Waals surface area contributed by atoms with Gasteiger partial charge in [0.2, 0.25) is 5.91 Å². The fraction of sp³-hybridized carbons (Fsp3) is 0.818. The molecule has 7 heteroatoms. The predicted octanol–water partition coefficient (Wildman–Crippen LogP) is -0.913. The molecule has 104 valence electrons. The van der Waals surface area contributed by atoms with E-state index >= 15 is 0 Å². The van der Waals surface area contributed by atoms with Crippen molar-refractivity contribution in [3.63, 3.8) is 0 Å². The van der Waals surface area contributed by atoms with Crippen LogP contribution in [0.15, 0.2) is 0 Å². The van der Waals surface area contributed by atoms with Crippen LogP contribution in [0, 0.1) is 0 Å². The maximum Gasteiger partial charge on any atom is 0.253 e. The highest BCUT2D eigenvalue weighted by Crippen LogP contribution is 2.07. The zero-order valence-electron chi connectivity index (χ0n) is 10.6. The number of carbonyl (C=O) groups is 2. The number of piperazine rings is 1. The minimum absolute atomic E-state index is 0. The zero-order valence-corrected chi connectivity index (χ0v) is 11.4. The maximum absolute atomic E-state index is 12.1. The molecule has 1 unspecified atom stereocenters. The van der Waals surface area contributed by atoms with Crippen molar-refractivity contribution >= 4 is 24.2 Å². The summed E-state index contributed by atoms with van der Waals surface area (Å²) in [5.41, 5.74) is 0. The quantitative estimate of drug-likeness (QED) is 0.674. The molecule has 1 atom stereocenters. The van der Waals surface area contributed by atoms with Crippen molar-refractivity contribution in [2.75, 3.05) is 45.9 Å². The van der Waals surface area contributed by atoms with Crippen LogP contribution in [0.3, 0.4) is 0 Å². The Morgan fingerprint density at radius 3 is 2.28 bits per heavy atom. The van der Waals surface area contributed by atoms with Crippen molar-refractivity contribution in [1.82, 2.24) is 15.1 Å². The number of nitrogens with one attached hydrogen (secondary N) is 1. The smallest absolute Gasteiger partial charge is 0.253 e. The first kappa shape index (κ1) is 15.2. The normalized spacial score (nSPS) is 24.4. The minimum Gasteiger partial charge on any atom is -0.366 e. The van der Waals surface area contributed by atoms with Crippen molar-refractivity contribution in [3.8, 4) is 0 Å². The third-order valence-electron chi connectivity index (χ3n) is 3.24. The second-order valence-corrected chi connectivity index (χ2v) is 4.39. The highest BCUT2D eigenvalue weighted by atomic mass is 35.5. The Bertz CT molecular complexity index is 300. The Hall–Kier alpha value is -0.850. The number of carbonyl (C=O) groups excluding carboxylic acids is 2. The van der Waals surface area contributed by atoms with Gasteiger partial charge in [0.05, 0.1) is 6.61 Å². The minimum atomic E-state index is -0.354. The van der Waals surface area contributed by atoms with Gasteiger partial charge < -0.3 is 19.9 Å². The lowest BCUT2D eigenvalue weighted by Gasteiger charge is -2.36. The lowest BCUT2D eigenvalue weighted by molar-refractivity contribution is -0.149. The highest BCUT2D eigenvalue weighted by molar-refractivity contribution is 5.85. The number of hydrogen-bond acceptors (Lipinski definition) is 4. The van der Waals surface area contributed by atoms with Gasteiger partial charge in [-0.3, -0.25) is 9.59 Å². The van der Waals surface area contributed by atoms with Gasteiger partial charge in [-0.25, -0.2) is 0 Å². The molecular weight excluding hydrogens is 258 g/mol. The molecule has 0 aromatic carbocycles. The average Bonchev–Trinajstić information content (AvgIpc) is 2.39. The van der Waals surface area contributed by atoms with Crippen molar-refractivity contribution in [3.05, 3.63) is 0 Å². The molecule has 0 saturated carbocycles. The Kier molecular flexibility index (Phi) is 5.84. The Labute approximate surface area is 113 Å². The predicted molar refractivity (Wildman–Crippen MR) is 68.7 cm³/mol. The number of hydrogen-bond donors (Lipinski definition) is 1. The molecule has 2 heterocycles. The molecule has 2 aliphatic heterocycles. The molecule has 2 rings (SSSR count). The van der Waals surface area contributed by atoms with Gasteiger partial charge in [-0.1, -0.05) is 0 Å². The van der Waals surface area contributed by atoms with Crippen molar-refractivity contribution < 1.29 is 14.3 Å². The van der Waals surface area contributed by atoms with E-state index in [4.69, 9.17) is 4.74 Å². The molecule has 2 aliphatic rings. The van der Waals surface area contributed by atoms with Crippen molar-refractivity contribution in [2.45, 2.75) is 13.0 Å². The van der Waals surface area contributed by atoms with Gasteiger partial charge in [-0.05, 0) is 0 Å². The van der Waals surface area contributed by atoms with Gasteiger partial charge in [0.1, 0.15) is 6.10 Å². The molecule has 0 spiro atoms. The van der Waals surface area contributed by atoms with Crippen molar-refractivity contribution in [2.24, 2.45) is 0 Å². The number of rotatable bonds is 1. The van der Waals surface area contributed by atoms with E-state index in [9.17, 15) is 9.59 Å². The highest BCUT2D eigenvalue weighted by Gasteiger charge is 2.29. The van der Waals surface area contributed by atoms with Crippen LogP contribution in [0.2, 0.25) is 0 Å². The summed E-state index contributed by atoms with van der Waals surface area (Å²) >= 11 is 0. The number of morpholine rings is 1. The number of ether oxygens (including phenoxy) is 1. The molecular formula is C11H20ClN3O3. The van der Waals surface area contributed by atoms with E-state index in [-0.39, 0.29) is 30.3 Å². The Morgan fingerprint density at radius 1 is 1.17 bits per heavy atom. The van der Waals surface area contributed by atoms with Crippen LogP contribution in [-0.2, 0) is 14.3 Å². The van der Waals surface area contributed by atoms with Crippen LogP contribution in [0.4, 0.5) is 0 Å². The van der Waals surface area contributed by atoms with Crippen LogP contribution < -0.4 is 5.32 Å². The van der Waals surface area contributed by atoms with Gasteiger partial charge in [0, 0.05) is 46.2 Å². The van der Waals surface area contributed by atoms with Crippen molar-refractivity contribution in [1.29, 1.82) is 0 Å². The standard InChI is InChI=1S/C11H19N3O3.ClH/c1-9(15)13-3-5-14(6-4-13)11(16)10-8-12-2-7-17-10;/h10,12H,2-8H2,1H3;1H. The molecule has 2 amide bonds. The summed E-state index contributed by atoms with van der Waals surface area (Å²) in [6.07, 6.45) is -0.354. The first-order valence-electron chi connectivity index (χ1n) is 6.05. The summed E-state index contributed by atoms with van der Waals surface area (Å²) in [6.45, 7) is 6.02. The van der Waals surface area contributed by atoms with E-state index < -0.39 is 0 Å².